The number of sulfonamides is 1. The number of nitrogens with zero attached hydrogens (tertiary/aromatic N) is 1. The fraction of sp³-hybridized carbons (Fsp3) is 0.364. The summed E-state index contributed by atoms with van der Waals surface area (Å²) >= 11 is 5.71. The molecular formula is C11H13ClFN3O3S. The number of hydrogen-bond acceptors (Lipinski definition) is 4. The molecule has 0 radical (unpaired) electrons. The standard InChI is InChI=1S/C11H13ClFN3O3S/c12-6-4-7(14)10(13)9(5-6)20(18,19)16-3-1-2-8(16)11(15)17/h4-5,8H,1-3,14H2,(H2,15,17). The molecule has 9 heteroatoms. The van der Waals surface area contributed by atoms with Crippen LogP contribution in [0.15, 0.2) is 17.0 Å². The summed E-state index contributed by atoms with van der Waals surface area (Å²) < 4.78 is 39.7. The third kappa shape index (κ3) is 2.46. The molecule has 2 rings (SSSR count). The Morgan fingerprint density at radius 2 is 2.10 bits per heavy atom. The molecule has 1 saturated heterocycles. The topological polar surface area (TPSA) is 106 Å². The van der Waals surface area contributed by atoms with Gasteiger partial charge in [-0.15, -0.1) is 0 Å². The van der Waals surface area contributed by atoms with Crippen LogP contribution in [-0.2, 0) is 14.8 Å². The highest BCUT2D eigenvalue weighted by atomic mass is 35.5. The first kappa shape index (κ1) is 15.0. The van der Waals surface area contributed by atoms with E-state index in [1.165, 1.54) is 0 Å². The van der Waals surface area contributed by atoms with Gasteiger partial charge in [-0.2, -0.15) is 4.31 Å². The number of carbonyl (C=O) groups is 1. The van der Waals surface area contributed by atoms with Crippen LogP contribution in [-0.4, -0.2) is 31.2 Å². The molecule has 110 valence electrons. The van der Waals surface area contributed by atoms with Crippen LogP contribution in [0.5, 0.6) is 0 Å². The molecule has 20 heavy (non-hydrogen) atoms. The van der Waals surface area contributed by atoms with E-state index in [-0.39, 0.29) is 17.3 Å². The number of benzene rings is 1. The quantitative estimate of drug-likeness (QED) is 0.799. The van der Waals surface area contributed by atoms with Crippen molar-refractivity contribution in [2.24, 2.45) is 5.73 Å². The van der Waals surface area contributed by atoms with Crippen molar-refractivity contribution >= 4 is 33.2 Å². The smallest absolute Gasteiger partial charge is 0.246 e. The van der Waals surface area contributed by atoms with Gasteiger partial charge in [-0.1, -0.05) is 11.6 Å². The lowest BCUT2D eigenvalue weighted by Crippen LogP contribution is -2.43. The van der Waals surface area contributed by atoms with Gasteiger partial charge in [0.15, 0.2) is 5.82 Å². The largest absolute Gasteiger partial charge is 0.396 e. The molecule has 1 atom stereocenters. The third-order valence-electron chi connectivity index (χ3n) is 3.15. The highest BCUT2D eigenvalue weighted by Crippen LogP contribution is 2.31. The van der Waals surface area contributed by atoms with Gasteiger partial charge in [-0.25, -0.2) is 12.8 Å². The van der Waals surface area contributed by atoms with Gasteiger partial charge in [0, 0.05) is 11.6 Å². The van der Waals surface area contributed by atoms with E-state index in [1.54, 1.807) is 0 Å². The average Bonchev–Trinajstić information content (AvgIpc) is 2.83. The van der Waals surface area contributed by atoms with Crippen LogP contribution in [0.1, 0.15) is 12.8 Å². The number of primary amides is 1. The molecule has 0 bridgehead atoms. The highest BCUT2D eigenvalue weighted by molar-refractivity contribution is 7.89. The van der Waals surface area contributed by atoms with E-state index in [2.05, 4.69) is 0 Å². The Labute approximate surface area is 120 Å². The zero-order valence-corrected chi connectivity index (χ0v) is 11.9. The van der Waals surface area contributed by atoms with E-state index in [1.807, 2.05) is 0 Å². The van der Waals surface area contributed by atoms with Crippen molar-refractivity contribution in [3.8, 4) is 0 Å². The molecule has 1 fully saturated rings. The Hall–Kier alpha value is -1.38. The van der Waals surface area contributed by atoms with Gasteiger partial charge in [0.05, 0.1) is 5.69 Å². The number of rotatable bonds is 3. The first-order valence-electron chi connectivity index (χ1n) is 5.81. The van der Waals surface area contributed by atoms with Crippen LogP contribution in [0.25, 0.3) is 0 Å². The van der Waals surface area contributed by atoms with Gasteiger partial charge >= 0.3 is 0 Å². The molecule has 1 aliphatic rings. The van der Waals surface area contributed by atoms with Crippen molar-refractivity contribution in [3.63, 3.8) is 0 Å². The maximum atomic E-state index is 14.0. The molecule has 0 aliphatic carbocycles. The fourth-order valence-electron chi connectivity index (χ4n) is 2.21. The number of nitrogen functional groups attached to an aromatic ring is 1. The summed E-state index contributed by atoms with van der Waals surface area (Å²) in [6.07, 6.45) is 0.788. The summed E-state index contributed by atoms with van der Waals surface area (Å²) in [5.74, 6) is -1.84. The van der Waals surface area contributed by atoms with Gasteiger partial charge < -0.3 is 11.5 Å². The molecule has 0 spiro atoms. The summed E-state index contributed by atoms with van der Waals surface area (Å²) in [7, 11) is -4.22. The van der Waals surface area contributed by atoms with Crippen LogP contribution >= 0.6 is 11.6 Å². The minimum absolute atomic E-state index is 0.00250. The third-order valence-corrected chi connectivity index (χ3v) is 5.28. The van der Waals surface area contributed by atoms with Crippen molar-refractivity contribution in [2.45, 2.75) is 23.8 Å². The SMILES string of the molecule is NC(=O)C1CCCN1S(=O)(=O)c1cc(Cl)cc(N)c1F. The van der Waals surface area contributed by atoms with E-state index in [4.69, 9.17) is 23.1 Å². The van der Waals surface area contributed by atoms with E-state index >= 15 is 0 Å². The van der Waals surface area contributed by atoms with E-state index in [0.717, 1.165) is 16.4 Å². The van der Waals surface area contributed by atoms with Gasteiger partial charge in [0.1, 0.15) is 10.9 Å². The van der Waals surface area contributed by atoms with Gasteiger partial charge in [0.2, 0.25) is 15.9 Å². The zero-order valence-electron chi connectivity index (χ0n) is 10.3. The number of amides is 1. The van der Waals surface area contributed by atoms with Crippen molar-refractivity contribution in [1.29, 1.82) is 0 Å². The second-order valence-corrected chi connectivity index (χ2v) is 6.78. The van der Waals surface area contributed by atoms with Crippen LogP contribution in [0.3, 0.4) is 0 Å². The van der Waals surface area contributed by atoms with Gasteiger partial charge in [-0.05, 0) is 25.0 Å². The highest BCUT2D eigenvalue weighted by Gasteiger charge is 2.40. The molecule has 1 heterocycles. The number of halogens is 2. The molecule has 6 nitrogen and oxygen atoms in total. The number of nitrogens with two attached hydrogens (primary N) is 2. The second kappa shape index (κ2) is 5.19. The number of anilines is 1. The number of hydrogen-bond donors (Lipinski definition) is 2. The van der Waals surface area contributed by atoms with Crippen LogP contribution < -0.4 is 11.5 Å². The van der Waals surface area contributed by atoms with E-state index in [9.17, 15) is 17.6 Å². The molecule has 0 saturated carbocycles. The Kier molecular flexibility index (Phi) is 3.90. The first-order chi connectivity index (χ1) is 9.25. The average molecular weight is 322 g/mol. The van der Waals surface area contributed by atoms with Crippen molar-refractivity contribution in [3.05, 3.63) is 23.0 Å². The Morgan fingerprint density at radius 1 is 1.45 bits per heavy atom. The van der Waals surface area contributed by atoms with Crippen LogP contribution in [0.4, 0.5) is 10.1 Å². The summed E-state index contributed by atoms with van der Waals surface area (Å²) in [5, 5.41) is -0.00250. The maximum Gasteiger partial charge on any atom is 0.246 e. The lowest BCUT2D eigenvalue weighted by atomic mass is 10.2. The second-order valence-electron chi connectivity index (χ2n) is 4.48. The summed E-state index contributed by atoms with van der Waals surface area (Å²) in [5.41, 5.74) is 10.2. The molecule has 1 amide bonds. The van der Waals surface area contributed by atoms with E-state index < -0.39 is 32.7 Å². The van der Waals surface area contributed by atoms with Crippen molar-refractivity contribution < 1.29 is 17.6 Å². The molecule has 1 unspecified atom stereocenters. The first-order valence-corrected chi connectivity index (χ1v) is 7.62. The van der Waals surface area contributed by atoms with Crippen LogP contribution in [0, 0.1) is 5.82 Å². The Balaban J connectivity index is 2.53. The minimum Gasteiger partial charge on any atom is -0.396 e. The molecular weight excluding hydrogens is 309 g/mol. The van der Waals surface area contributed by atoms with Gasteiger partial charge in [0.25, 0.3) is 0 Å². The zero-order chi connectivity index (χ0) is 15.1. The van der Waals surface area contributed by atoms with Gasteiger partial charge in [-0.3, -0.25) is 4.79 Å². The Morgan fingerprint density at radius 3 is 2.70 bits per heavy atom. The number of carbonyl (C=O) groups excluding carboxylic acids is 1. The molecule has 1 aromatic rings. The Bertz CT molecular complexity index is 665. The normalized spacial score (nSPS) is 20.2. The lowest BCUT2D eigenvalue weighted by Gasteiger charge is -2.22. The molecule has 0 aromatic heterocycles. The summed E-state index contributed by atoms with van der Waals surface area (Å²) in [6.45, 7) is 0.0990. The molecule has 1 aromatic carbocycles. The monoisotopic (exact) mass is 321 g/mol. The minimum atomic E-state index is -4.22. The molecule has 4 N–H and O–H groups in total. The van der Waals surface area contributed by atoms with Crippen molar-refractivity contribution in [1.82, 2.24) is 4.31 Å². The summed E-state index contributed by atoms with van der Waals surface area (Å²) in [4.78, 5) is 10.6. The maximum absolute atomic E-state index is 14.0. The molecule has 1 aliphatic heterocycles. The van der Waals surface area contributed by atoms with E-state index in [0.29, 0.717) is 12.8 Å². The fourth-order valence-corrected chi connectivity index (χ4v) is 4.29. The lowest BCUT2D eigenvalue weighted by molar-refractivity contribution is -0.121. The summed E-state index contributed by atoms with van der Waals surface area (Å²) in [6, 6.07) is 1.12. The predicted molar refractivity (Wildman–Crippen MR) is 71.9 cm³/mol. The van der Waals surface area contributed by atoms with Crippen molar-refractivity contribution in [2.75, 3.05) is 12.3 Å². The predicted octanol–water partition coefficient (Wildman–Crippen LogP) is 0.700. The van der Waals surface area contributed by atoms with Crippen LogP contribution in [0.2, 0.25) is 5.02 Å².